The molecule has 0 radical (unpaired) electrons. The lowest BCUT2D eigenvalue weighted by atomic mass is 10.1. The first-order chi connectivity index (χ1) is 14.2. The fourth-order valence-corrected chi connectivity index (χ4v) is 3.87. The van der Waals surface area contributed by atoms with Crippen LogP contribution in [-0.2, 0) is 12.3 Å². The van der Waals surface area contributed by atoms with Gasteiger partial charge >= 0.3 is 0 Å². The summed E-state index contributed by atoms with van der Waals surface area (Å²) in [4.78, 5) is 11.9. The van der Waals surface area contributed by atoms with Crippen molar-refractivity contribution >= 4 is 17.7 Å². The van der Waals surface area contributed by atoms with Crippen molar-refractivity contribution in [2.45, 2.75) is 37.2 Å². The number of thioether (sulfide) groups is 1. The summed E-state index contributed by atoms with van der Waals surface area (Å²) in [6.45, 7) is 3.04. The standard InChI is InChI=1S/C22H26N4O2S/c1-4-5-13-26-20(17-9-11-19(28-3)12-10-17)24-25-22(26)29-15-16-7-6-8-18(14-16)21(27)23-2/h6-12,14H,4-5,13,15H2,1-3H3,(H,23,27). The van der Waals surface area contributed by atoms with E-state index < -0.39 is 0 Å². The molecular formula is C22H26N4O2S. The number of hydrogen-bond acceptors (Lipinski definition) is 5. The van der Waals surface area contributed by atoms with Gasteiger partial charge in [-0.2, -0.15) is 0 Å². The van der Waals surface area contributed by atoms with Gasteiger partial charge in [-0.15, -0.1) is 10.2 Å². The van der Waals surface area contributed by atoms with Gasteiger partial charge in [-0.25, -0.2) is 0 Å². The minimum Gasteiger partial charge on any atom is -0.497 e. The van der Waals surface area contributed by atoms with Crippen LogP contribution in [0.3, 0.4) is 0 Å². The number of rotatable bonds is 9. The number of ether oxygens (including phenoxy) is 1. The number of unbranched alkanes of at least 4 members (excludes halogenated alkanes) is 1. The van der Waals surface area contributed by atoms with Crippen molar-refractivity contribution in [2.75, 3.05) is 14.2 Å². The number of amides is 1. The van der Waals surface area contributed by atoms with E-state index in [4.69, 9.17) is 4.74 Å². The molecule has 0 aliphatic carbocycles. The minimum absolute atomic E-state index is 0.0789. The molecule has 0 saturated heterocycles. The van der Waals surface area contributed by atoms with Gasteiger partial charge in [0.25, 0.3) is 5.91 Å². The van der Waals surface area contributed by atoms with E-state index >= 15 is 0 Å². The molecule has 29 heavy (non-hydrogen) atoms. The molecule has 7 heteroatoms. The third-order valence-electron chi connectivity index (χ3n) is 4.58. The summed E-state index contributed by atoms with van der Waals surface area (Å²) in [7, 11) is 3.30. The number of carbonyl (C=O) groups excluding carboxylic acids is 1. The van der Waals surface area contributed by atoms with Crippen molar-refractivity contribution in [2.24, 2.45) is 0 Å². The molecule has 0 atom stereocenters. The molecule has 0 fully saturated rings. The second-order valence-electron chi connectivity index (χ2n) is 6.61. The maximum atomic E-state index is 11.9. The van der Waals surface area contributed by atoms with Gasteiger partial charge in [0.1, 0.15) is 5.75 Å². The van der Waals surface area contributed by atoms with E-state index in [2.05, 4.69) is 27.0 Å². The molecule has 3 aromatic rings. The van der Waals surface area contributed by atoms with Crippen LogP contribution in [0.4, 0.5) is 0 Å². The van der Waals surface area contributed by atoms with Gasteiger partial charge in [0.15, 0.2) is 11.0 Å². The number of methoxy groups -OCH3 is 1. The highest BCUT2D eigenvalue weighted by Gasteiger charge is 2.15. The van der Waals surface area contributed by atoms with Crippen LogP contribution < -0.4 is 10.1 Å². The molecule has 0 spiro atoms. The van der Waals surface area contributed by atoms with E-state index in [1.54, 1.807) is 25.9 Å². The molecule has 1 aromatic heterocycles. The average molecular weight is 411 g/mol. The van der Waals surface area contributed by atoms with Gasteiger partial charge in [-0.05, 0) is 48.4 Å². The Morgan fingerprint density at radius 1 is 1.17 bits per heavy atom. The Balaban J connectivity index is 1.81. The molecule has 152 valence electrons. The fraction of sp³-hybridized carbons (Fsp3) is 0.318. The molecule has 1 heterocycles. The maximum absolute atomic E-state index is 11.9. The van der Waals surface area contributed by atoms with Gasteiger partial charge in [-0.3, -0.25) is 4.79 Å². The van der Waals surface area contributed by atoms with Crippen molar-refractivity contribution < 1.29 is 9.53 Å². The van der Waals surface area contributed by atoms with Gasteiger partial charge in [0.05, 0.1) is 7.11 Å². The fourth-order valence-electron chi connectivity index (χ4n) is 2.96. The van der Waals surface area contributed by atoms with Crippen LogP contribution >= 0.6 is 11.8 Å². The number of nitrogens with one attached hydrogen (secondary N) is 1. The molecule has 2 aromatic carbocycles. The first-order valence-electron chi connectivity index (χ1n) is 9.67. The molecule has 0 saturated carbocycles. The zero-order valence-corrected chi connectivity index (χ0v) is 17.8. The van der Waals surface area contributed by atoms with E-state index in [0.717, 1.165) is 53.0 Å². The van der Waals surface area contributed by atoms with Crippen LogP contribution in [0, 0.1) is 0 Å². The smallest absolute Gasteiger partial charge is 0.251 e. The SMILES string of the molecule is CCCCn1c(SCc2cccc(C(=O)NC)c2)nnc1-c1ccc(OC)cc1. The molecule has 0 aliphatic rings. The van der Waals surface area contributed by atoms with Gasteiger partial charge in [0.2, 0.25) is 0 Å². The minimum atomic E-state index is -0.0789. The van der Waals surface area contributed by atoms with Crippen LogP contribution in [0.25, 0.3) is 11.4 Å². The zero-order valence-electron chi connectivity index (χ0n) is 17.0. The quantitative estimate of drug-likeness (QED) is 0.529. The zero-order chi connectivity index (χ0) is 20.6. The van der Waals surface area contributed by atoms with Crippen LogP contribution in [-0.4, -0.2) is 34.8 Å². The Morgan fingerprint density at radius 3 is 2.66 bits per heavy atom. The van der Waals surface area contributed by atoms with Crippen molar-refractivity contribution in [3.63, 3.8) is 0 Å². The van der Waals surface area contributed by atoms with E-state index in [-0.39, 0.29) is 5.91 Å². The van der Waals surface area contributed by atoms with Crippen molar-refractivity contribution in [1.29, 1.82) is 0 Å². The Morgan fingerprint density at radius 2 is 1.97 bits per heavy atom. The summed E-state index contributed by atoms with van der Waals surface area (Å²) < 4.78 is 7.43. The first kappa shape index (κ1) is 20.9. The molecule has 6 nitrogen and oxygen atoms in total. The monoisotopic (exact) mass is 410 g/mol. The Bertz CT molecular complexity index is 954. The molecule has 1 amide bonds. The Hall–Kier alpha value is -2.80. The lowest BCUT2D eigenvalue weighted by molar-refractivity contribution is 0.0963. The second-order valence-corrected chi connectivity index (χ2v) is 7.55. The summed E-state index contributed by atoms with van der Waals surface area (Å²) >= 11 is 1.63. The van der Waals surface area contributed by atoms with Gasteiger partial charge < -0.3 is 14.6 Å². The Kier molecular flexibility index (Phi) is 7.30. The van der Waals surface area contributed by atoms with Gasteiger partial charge in [0, 0.05) is 30.5 Å². The Labute approximate surface area is 175 Å². The number of hydrogen-bond donors (Lipinski definition) is 1. The molecule has 0 bridgehead atoms. The van der Waals surface area contributed by atoms with Gasteiger partial charge in [-0.1, -0.05) is 37.2 Å². The average Bonchev–Trinajstić information content (AvgIpc) is 3.18. The van der Waals surface area contributed by atoms with Crippen LogP contribution in [0.2, 0.25) is 0 Å². The summed E-state index contributed by atoms with van der Waals surface area (Å²) in [5.74, 6) is 2.32. The summed E-state index contributed by atoms with van der Waals surface area (Å²) in [6.07, 6.45) is 2.15. The second kappa shape index (κ2) is 10.1. The summed E-state index contributed by atoms with van der Waals surface area (Å²) in [5, 5.41) is 12.4. The summed E-state index contributed by atoms with van der Waals surface area (Å²) in [6, 6.07) is 15.6. The highest BCUT2D eigenvalue weighted by molar-refractivity contribution is 7.98. The maximum Gasteiger partial charge on any atom is 0.251 e. The molecule has 0 aliphatic heterocycles. The van der Waals surface area contributed by atoms with Crippen molar-refractivity contribution in [3.05, 3.63) is 59.7 Å². The van der Waals surface area contributed by atoms with E-state index in [9.17, 15) is 4.79 Å². The molecule has 0 unspecified atom stereocenters. The lowest BCUT2D eigenvalue weighted by Gasteiger charge is -2.10. The lowest BCUT2D eigenvalue weighted by Crippen LogP contribution is -2.17. The van der Waals surface area contributed by atoms with E-state index in [1.807, 2.05) is 48.5 Å². The topological polar surface area (TPSA) is 69.0 Å². The van der Waals surface area contributed by atoms with Crippen LogP contribution in [0.1, 0.15) is 35.7 Å². The summed E-state index contributed by atoms with van der Waals surface area (Å²) in [5.41, 5.74) is 2.76. The molecule has 1 N–H and O–H groups in total. The van der Waals surface area contributed by atoms with E-state index in [0.29, 0.717) is 5.56 Å². The van der Waals surface area contributed by atoms with Crippen molar-refractivity contribution in [3.8, 4) is 17.1 Å². The number of aromatic nitrogens is 3. The molecule has 3 rings (SSSR count). The number of benzene rings is 2. The predicted octanol–water partition coefficient (Wildman–Crippen LogP) is 4.41. The number of carbonyl (C=O) groups is 1. The third kappa shape index (κ3) is 5.17. The third-order valence-corrected chi connectivity index (χ3v) is 5.62. The normalized spacial score (nSPS) is 10.7. The predicted molar refractivity (Wildman–Crippen MR) is 116 cm³/mol. The highest BCUT2D eigenvalue weighted by atomic mass is 32.2. The highest BCUT2D eigenvalue weighted by Crippen LogP contribution is 2.28. The van der Waals surface area contributed by atoms with Crippen LogP contribution in [0.5, 0.6) is 5.75 Å². The largest absolute Gasteiger partial charge is 0.497 e. The van der Waals surface area contributed by atoms with E-state index in [1.165, 1.54) is 0 Å². The van der Waals surface area contributed by atoms with Crippen molar-refractivity contribution in [1.82, 2.24) is 20.1 Å². The number of nitrogens with zero attached hydrogens (tertiary/aromatic N) is 3. The first-order valence-corrected chi connectivity index (χ1v) is 10.7. The van der Waals surface area contributed by atoms with Crippen LogP contribution in [0.15, 0.2) is 53.7 Å². The molecular weight excluding hydrogens is 384 g/mol.